The van der Waals surface area contributed by atoms with Gasteiger partial charge in [0.25, 0.3) is 11.8 Å². The molecule has 2 amide bonds. The maximum atomic E-state index is 13.8. The zero-order valence-electron chi connectivity index (χ0n) is 16.3. The standard InChI is InChI=1S/C23H20FN3O2S/c1-27(15-16-9-3-2-4-10-16)22(29)18-12-6-8-14-20(18)25-23(30)26-21(28)17-11-5-7-13-19(17)24/h2-14H,15H2,1H3,(H2,25,26,28,30). The van der Waals surface area contributed by atoms with E-state index in [1.54, 1.807) is 42.3 Å². The Labute approximate surface area is 179 Å². The normalized spacial score (nSPS) is 10.2. The van der Waals surface area contributed by atoms with E-state index < -0.39 is 11.7 Å². The molecule has 0 unspecified atom stereocenters. The lowest BCUT2D eigenvalue weighted by molar-refractivity contribution is 0.0786. The van der Waals surface area contributed by atoms with Crippen LogP contribution in [0.25, 0.3) is 0 Å². The van der Waals surface area contributed by atoms with Gasteiger partial charge in [-0.2, -0.15) is 0 Å². The number of rotatable bonds is 5. The minimum Gasteiger partial charge on any atom is -0.337 e. The number of carbonyl (C=O) groups is 2. The van der Waals surface area contributed by atoms with E-state index in [0.717, 1.165) is 5.56 Å². The molecule has 0 saturated carbocycles. The molecule has 0 heterocycles. The van der Waals surface area contributed by atoms with Crippen LogP contribution in [0.5, 0.6) is 0 Å². The van der Waals surface area contributed by atoms with Crippen molar-refractivity contribution in [2.75, 3.05) is 12.4 Å². The number of benzene rings is 3. The Balaban J connectivity index is 1.70. The number of halogens is 1. The number of carbonyl (C=O) groups excluding carboxylic acids is 2. The summed E-state index contributed by atoms with van der Waals surface area (Å²) < 4.78 is 13.8. The average molecular weight is 421 g/mol. The largest absolute Gasteiger partial charge is 0.337 e. The highest BCUT2D eigenvalue weighted by Gasteiger charge is 2.18. The van der Waals surface area contributed by atoms with Crippen LogP contribution < -0.4 is 10.6 Å². The van der Waals surface area contributed by atoms with Crippen molar-refractivity contribution in [3.05, 3.63) is 101 Å². The average Bonchev–Trinajstić information content (AvgIpc) is 2.74. The molecule has 0 spiro atoms. The molecule has 0 aromatic heterocycles. The van der Waals surface area contributed by atoms with Gasteiger partial charge in [0.1, 0.15) is 5.82 Å². The fourth-order valence-corrected chi connectivity index (χ4v) is 3.09. The molecule has 30 heavy (non-hydrogen) atoms. The molecule has 0 atom stereocenters. The third-order valence-electron chi connectivity index (χ3n) is 4.36. The van der Waals surface area contributed by atoms with Crippen molar-refractivity contribution >= 4 is 34.8 Å². The monoisotopic (exact) mass is 421 g/mol. The van der Waals surface area contributed by atoms with Gasteiger partial charge < -0.3 is 10.2 Å². The smallest absolute Gasteiger partial charge is 0.260 e. The number of hydrogen-bond acceptors (Lipinski definition) is 3. The summed E-state index contributed by atoms with van der Waals surface area (Å²) in [5.74, 6) is -1.52. The van der Waals surface area contributed by atoms with Crippen LogP contribution in [0, 0.1) is 5.82 Å². The lowest BCUT2D eigenvalue weighted by Gasteiger charge is -2.20. The van der Waals surface area contributed by atoms with Gasteiger partial charge in [0.15, 0.2) is 5.11 Å². The van der Waals surface area contributed by atoms with Gasteiger partial charge in [-0.05, 0) is 42.0 Å². The van der Waals surface area contributed by atoms with Gasteiger partial charge in [-0.15, -0.1) is 0 Å². The first kappa shape index (κ1) is 21.1. The molecule has 0 aliphatic heterocycles. The van der Waals surface area contributed by atoms with E-state index in [-0.39, 0.29) is 16.6 Å². The molecule has 0 fully saturated rings. The zero-order valence-corrected chi connectivity index (χ0v) is 17.1. The Hall–Kier alpha value is -3.58. The van der Waals surface area contributed by atoms with Crippen LogP contribution >= 0.6 is 12.2 Å². The fourth-order valence-electron chi connectivity index (χ4n) is 2.88. The van der Waals surface area contributed by atoms with Crippen LogP contribution in [0.4, 0.5) is 10.1 Å². The fraction of sp³-hybridized carbons (Fsp3) is 0.0870. The first-order valence-corrected chi connectivity index (χ1v) is 9.62. The molecule has 0 saturated heterocycles. The summed E-state index contributed by atoms with van der Waals surface area (Å²) in [4.78, 5) is 26.8. The van der Waals surface area contributed by atoms with Gasteiger partial charge in [0, 0.05) is 13.6 Å². The Morgan fingerprint density at radius 2 is 1.50 bits per heavy atom. The quantitative estimate of drug-likeness (QED) is 0.606. The second-order valence-electron chi connectivity index (χ2n) is 6.58. The number of amides is 2. The first-order chi connectivity index (χ1) is 14.5. The van der Waals surface area contributed by atoms with Crippen molar-refractivity contribution in [3.8, 4) is 0 Å². The number of anilines is 1. The van der Waals surface area contributed by atoms with Crippen molar-refractivity contribution in [1.29, 1.82) is 0 Å². The molecule has 3 rings (SSSR count). The molecule has 5 nitrogen and oxygen atoms in total. The lowest BCUT2D eigenvalue weighted by Crippen LogP contribution is -2.35. The highest BCUT2D eigenvalue weighted by atomic mass is 32.1. The number of hydrogen-bond donors (Lipinski definition) is 2. The van der Waals surface area contributed by atoms with Crippen LogP contribution in [0.3, 0.4) is 0 Å². The van der Waals surface area contributed by atoms with E-state index in [2.05, 4.69) is 10.6 Å². The number of nitrogens with zero attached hydrogens (tertiary/aromatic N) is 1. The van der Waals surface area contributed by atoms with E-state index in [4.69, 9.17) is 12.2 Å². The first-order valence-electron chi connectivity index (χ1n) is 9.21. The Morgan fingerprint density at radius 1 is 0.900 bits per heavy atom. The molecule has 7 heteroatoms. The summed E-state index contributed by atoms with van der Waals surface area (Å²) in [6, 6.07) is 22.1. The SMILES string of the molecule is CN(Cc1ccccc1)C(=O)c1ccccc1NC(=S)NC(=O)c1ccccc1F. The van der Waals surface area contributed by atoms with Crippen LogP contribution in [0.1, 0.15) is 26.3 Å². The molecule has 3 aromatic carbocycles. The van der Waals surface area contributed by atoms with Gasteiger partial charge in [-0.25, -0.2) is 4.39 Å². The molecular weight excluding hydrogens is 401 g/mol. The van der Waals surface area contributed by atoms with Gasteiger partial charge in [-0.3, -0.25) is 14.9 Å². The number of nitrogens with one attached hydrogen (secondary N) is 2. The Bertz CT molecular complexity index is 1070. The van der Waals surface area contributed by atoms with E-state index in [9.17, 15) is 14.0 Å². The molecule has 0 bridgehead atoms. The second-order valence-corrected chi connectivity index (χ2v) is 6.99. The predicted molar refractivity (Wildman–Crippen MR) is 119 cm³/mol. The zero-order chi connectivity index (χ0) is 21.5. The van der Waals surface area contributed by atoms with Crippen molar-refractivity contribution in [2.45, 2.75) is 6.54 Å². The van der Waals surface area contributed by atoms with Gasteiger partial charge >= 0.3 is 0 Å². The molecule has 0 aliphatic rings. The van der Waals surface area contributed by atoms with Crippen LogP contribution in [0.2, 0.25) is 0 Å². The van der Waals surface area contributed by atoms with Gasteiger partial charge in [0.2, 0.25) is 0 Å². The minimum atomic E-state index is -0.671. The molecular formula is C23H20FN3O2S. The number of para-hydroxylation sites is 1. The molecule has 152 valence electrons. The summed E-state index contributed by atoms with van der Waals surface area (Å²) in [5.41, 5.74) is 1.74. The molecule has 2 N–H and O–H groups in total. The van der Waals surface area contributed by atoms with E-state index >= 15 is 0 Å². The molecule has 3 aromatic rings. The van der Waals surface area contributed by atoms with Crippen LogP contribution in [0.15, 0.2) is 78.9 Å². The molecule has 0 aliphatic carbocycles. The van der Waals surface area contributed by atoms with Gasteiger partial charge in [0.05, 0.1) is 16.8 Å². The summed E-state index contributed by atoms with van der Waals surface area (Å²) in [7, 11) is 1.71. The third kappa shape index (κ3) is 5.27. The van der Waals surface area contributed by atoms with E-state index in [0.29, 0.717) is 17.8 Å². The summed E-state index contributed by atoms with van der Waals surface area (Å²) >= 11 is 5.18. The van der Waals surface area contributed by atoms with Crippen molar-refractivity contribution in [2.24, 2.45) is 0 Å². The highest BCUT2D eigenvalue weighted by molar-refractivity contribution is 7.80. The van der Waals surface area contributed by atoms with E-state index in [1.165, 1.54) is 18.2 Å². The summed E-state index contributed by atoms with van der Waals surface area (Å²) in [5, 5.41) is 5.26. The van der Waals surface area contributed by atoms with Gasteiger partial charge in [-0.1, -0.05) is 54.6 Å². The third-order valence-corrected chi connectivity index (χ3v) is 4.56. The van der Waals surface area contributed by atoms with Crippen molar-refractivity contribution in [1.82, 2.24) is 10.2 Å². The maximum absolute atomic E-state index is 13.8. The van der Waals surface area contributed by atoms with Crippen molar-refractivity contribution < 1.29 is 14.0 Å². The Kier molecular flexibility index (Phi) is 6.87. The van der Waals surface area contributed by atoms with Crippen molar-refractivity contribution in [3.63, 3.8) is 0 Å². The van der Waals surface area contributed by atoms with E-state index in [1.807, 2.05) is 30.3 Å². The second kappa shape index (κ2) is 9.76. The molecule has 0 radical (unpaired) electrons. The number of thiocarbonyl (C=S) groups is 1. The summed E-state index contributed by atoms with van der Waals surface area (Å²) in [6.45, 7) is 0.447. The highest BCUT2D eigenvalue weighted by Crippen LogP contribution is 2.18. The predicted octanol–water partition coefficient (Wildman–Crippen LogP) is 4.22. The minimum absolute atomic E-state index is 0.0331. The maximum Gasteiger partial charge on any atom is 0.260 e. The topological polar surface area (TPSA) is 61.4 Å². The lowest BCUT2D eigenvalue weighted by atomic mass is 10.1. The Morgan fingerprint density at radius 3 is 2.20 bits per heavy atom. The van der Waals surface area contributed by atoms with Crippen LogP contribution in [-0.2, 0) is 6.54 Å². The summed E-state index contributed by atoms with van der Waals surface area (Å²) in [6.07, 6.45) is 0. The van der Waals surface area contributed by atoms with Crippen LogP contribution in [-0.4, -0.2) is 28.9 Å².